The van der Waals surface area contributed by atoms with Crippen LogP contribution in [0.4, 0.5) is 0 Å². The van der Waals surface area contributed by atoms with Crippen LogP contribution in [0.15, 0.2) is 109 Å². The van der Waals surface area contributed by atoms with Gasteiger partial charge in [-0.05, 0) is 35.6 Å². The summed E-state index contributed by atoms with van der Waals surface area (Å²) in [6.07, 6.45) is 5.65. The molecule has 6 rings (SSSR count). The van der Waals surface area contributed by atoms with Gasteiger partial charge in [-0.3, -0.25) is 0 Å². The molecule has 3 aromatic carbocycles. The van der Waals surface area contributed by atoms with Gasteiger partial charge in [0, 0.05) is 22.8 Å². The van der Waals surface area contributed by atoms with Crippen LogP contribution in [0.25, 0.3) is 39.6 Å². The summed E-state index contributed by atoms with van der Waals surface area (Å²) in [5, 5.41) is 0. The summed E-state index contributed by atoms with van der Waals surface area (Å²) in [5.41, 5.74) is 9.92. The van der Waals surface area contributed by atoms with E-state index in [9.17, 15) is 0 Å². The van der Waals surface area contributed by atoms with Crippen molar-refractivity contribution in [1.82, 2.24) is 9.97 Å². The molecule has 0 amide bonds. The Bertz CT molecular complexity index is 1400. The molecule has 0 atom stereocenters. The first-order valence-electron chi connectivity index (χ1n) is 11.0. The monoisotopic (exact) mass is 412 g/mol. The number of aromatic nitrogens is 3. The number of hydrogen-bond acceptors (Lipinski definition) is 2. The van der Waals surface area contributed by atoms with Crippen molar-refractivity contribution < 1.29 is 4.57 Å². The largest absolute Gasteiger partial charge is 0.438 e. The lowest BCUT2D eigenvalue weighted by Gasteiger charge is -2.25. The van der Waals surface area contributed by atoms with Gasteiger partial charge in [0.05, 0.1) is 0 Å². The first kappa shape index (κ1) is 18.6. The molecule has 152 valence electrons. The minimum atomic E-state index is 0.693. The van der Waals surface area contributed by atoms with Gasteiger partial charge in [0.2, 0.25) is 0 Å². The molecule has 0 unspecified atom stereocenters. The molecule has 0 fully saturated rings. The number of benzene rings is 3. The summed E-state index contributed by atoms with van der Waals surface area (Å²) < 4.78 is 2.25. The third-order valence-electron chi connectivity index (χ3n) is 6.18. The Labute approximate surface area is 187 Å². The van der Waals surface area contributed by atoms with Gasteiger partial charge >= 0.3 is 5.95 Å². The highest BCUT2D eigenvalue weighted by atomic mass is 15.2. The maximum atomic E-state index is 4.67. The van der Waals surface area contributed by atoms with Crippen molar-refractivity contribution in [3.8, 4) is 39.6 Å². The second-order valence-corrected chi connectivity index (χ2v) is 8.04. The third-order valence-corrected chi connectivity index (χ3v) is 6.18. The number of nitrogens with zero attached hydrogens (tertiary/aromatic N) is 3. The molecule has 0 spiro atoms. The van der Waals surface area contributed by atoms with Gasteiger partial charge in [-0.2, -0.15) is 4.57 Å². The molecule has 1 aliphatic carbocycles. The van der Waals surface area contributed by atoms with Crippen LogP contribution in [0.2, 0.25) is 0 Å². The van der Waals surface area contributed by atoms with Crippen molar-refractivity contribution >= 4 is 0 Å². The molecule has 3 heteroatoms. The van der Waals surface area contributed by atoms with Gasteiger partial charge in [0.15, 0.2) is 0 Å². The zero-order chi connectivity index (χ0) is 21.3. The van der Waals surface area contributed by atoms with Crippen LogP contribution in [-0.2, 0) is 12.8 Å². The predicted molar refractivity (Wildman–Crippen MR) is 127 cm³/mol. The van der Waals surface area contributed by atoms with Crippen molar-refractivity contribution in [2.24, 2.45) is 0 Å². The van der Waals surface area contributed by atoms with E-state index in [4.69, 9.17) is 0 Å². The molecule has 32 heavy (non-hydrogen) atoms. The maximum absolute atomic E-state index is 4.67. The van der Waals surface area contributed by atoms with Crippen molar-refractivity contribution in [2.75, 3.05) is 0 Å². The number of rotatable bonds is 3. The molecule has 0 aliphatic heterocycles. The Morgan fingerprint density at radius 1 is 0.594 bits per heavy atom. The van der Waals surface area contributed by atoms with Gasteiger partial charge in [0.1, 0.15) is 23.8 Å². The molecule has 0 N–H and O–H groups in total. The molecule has 0 radical (unpaired) electrons. The van der Waals surface area contributed by atoms with E-state index >= 15 is 0 Å². The highest BCUT2D eigenvalue weighted by Crippen LogP contribution is 2.39. The summed E-state index contributed by atoms with van der Waals surface area (Å²) in [4.78, 5) is 9.34. The van der Waals surface area contributed by atoms with E-state index < -0.39 is 0 Å². The van der Waals surface area contributed by atoms with Gasteiger partial charge < -0.3 is 0 Å². The molecule has 2 heterocycles. The van der Waals surface area contributed by atoms with E-state index in [0.29, 0.717) is 5.95 Å². The molecule has 0 saturated carbocycles. The lowest BCUT2D eigenvalue weighted by Crippen LogP contribution is -2.40. The van der Waals surface area contributed by atoms with Crippen LogP contribution in [0.1, 0.15) is 11.1 Å². The Hall–Kier alpha value is -4.11. The number of fused-ring (bicyclic) bond motifs is 3. The van der Waals surface area contributed by atoms with E-state index in [1.807, 2.05) is 18.5 Å². The standard InChI is InChI=1S/C29H22N3/c1-3-10-21(11-4-1)26-20-27(23-13-5-2-6-14-23)32(29-30-18-9-19-31-29)28-24-15-8-7-12-22(24)16-17-25(26)28/h1-15,18-20H,16-17H2/q+1. The summed E-state index contributed by atoms with van der Waals surface area (Å²) >= 11 is 0. The van der Waals surface area contributed by atoms with Crippen molar-refractivity contribution in [3.63, 3.8) is 0 Å². The van der Waals surface area contributed by atoms with Crippen LogP contribution in [0, 0.1) is 0 Å². The molecule has 0 bridgehead atoms. The Balaban J connectivity index is 1.78. The van der Waals surface area contributed by atoms with Crippen molar-refractivity contribution in [3.05, 3.63) is 121 Å². The van der Waals surface area contributed by atoms with Gasteiger partial charge in [0.25, 0.3) is 0 Å². The van der Waals surface area contributed by atoms with Gasteiger partial charge in [-0.15, -0.1) is 0 Å². The third kappa shape index (κ3) is 3.10. The Kier molecular flexibility index (Phi) is 4.58. The van der Waals surface area contributed by atoms with E-state index in [1.165, 1.54) is 33.5 Å². The van der Waals surface area contributed by atoms with Crippen LogP contribution < -0.4 is 4.57 Å². The summed E-state index contributed by atoms with van der Waals surface area (Å²) in [6, 6.07) is 34.2. The van der Waals surface area contributed by atoms with E-state index in [1.54, 1.807) is 0 Å². The molecular weight excluding hydrogens is 390 g/mol. The van der Waals surface area contributed by atoms with E-state index in [-0.39, 0.29) is 0 Å². The summed E-state index contributed by atoms with van der Waals surface area (Å²) in [5.74, 6) is 0.693. The van der Waals surface area contributed by atoms with Gasteiger partial charge in [-0.1, -0.05) is 94.9 Å². The molecule has 1 aliphatic rings. The predicted octanol–water partition coefficient (Wildman–Crippen LogP) is 5.85. The topological polar surface area (TPSA) is 29.7 Å². The fourth-order valence-corrected chi connectivity index (χ4v) is 4.75. The second-order valence-electron chi connectivity index (χ2n) is 8.04. The fraction of sp³-hybridized carbons (Fsp3) is 0.0690. The zero-order valence-electron chi connectivity index (χ0n) is 17.6. The van der Waals surface area contributed by atoms with E-state index in [2.05, 4.69) is 106 Å². The average Bonchev–Trinajstić information content (AvgIpc) is 2.89. The fourth-order valence-electron chi connectivity index (χ4n) is 4.75. The molecular formula is C29H22N3+. The minimum absolute atomic E-state index is 0.693. The van der Waals surface area contributed by atoms with Crippen LogP contribution in [0.3, 0.4) is 0 Å². The molecule has 5 aromatic rings. The first-order valence-corrected chi connectivity index (χ1v) is 11.0. The van der Waals surface area contributed by atoms with Crippen LogP contribution in [-0.4, -0.2) is 9.97 Å². The number of hydrogen-bond donors (Lipinski definition) is 0. The average molecular weight is 413 g/mol. The number of aryl methyl sites for hydroxylation is 1. The van der Waals surface area contributed by atoms with Crippen LogP contribution >= 0.6 is 0 Å². The molecule has 3 nitrogen and oxygen atoms in total. The lowest BCUT2D eigenvalue weighted by molar-refractivity contribution is -0.580. The lowest BCUT2D eigenvalue weighted by atomic mass is 9.83. The summed E-state index contributed by atoms with van der Waals surface area (Å²) in [6.45, 7) is 0. The SMILES string of the molecule is c1ccc(-c2cc(-c3ccccc3)[n+](-c3ncccn3)c3c2CCc2ccccc2-3)cc1. The van der Waals surface area contributed by atoms with Crippen molar-refractivity contribution in [2.45, 2.75) is 12.8 Å². The van der Waals surface area contributed by atoms with E-state index in [0.717, 1.165) is 24.1 Å². The van der Waals surface area contributed by atoms with Crippen LogP contribution in [0.5, 0.6) is 0 Å². The van der Waals surface area contributed by atoms with Crippen molar-refractivity contribution in [1.29, 1.82) is 0 Å². The van der Waals surface area contributed by atoms with Gasteiger partial charge in [-0.25, -0.2) is 0 Å². The normalized spacial score (nSPS) is 12.1. The smallest absolute Gasteiger partial charge is 0.191 e. The maximum Gasteiger partial charge on any atom is 0.438 e. The Morgan fingerprint density at radius 3 is 2.00 bits per heavy atom. The highest BCUT2D eigenvalue weighted by molar-refractivity contribution is 5.80. The first-order chi connectivity index (χ1) is 15.9. The second kappa shape index (κ2) is 7.86. The molecule has 2 aromatic heterocycles. The Morgan fingerprint density at radius 2 is 1.25 bits per heavy atom. The zero-order valence-corrected chi connectivity index (χ0v) is 17.6. The minimum Gasteiger partial charge on any atom is -0.191 e. The molecule has 0 saturated heterocycles. The number of pyridine rings is 1. The highest BCUT2D eigenvalue weighted by Gasteiger charge is 2.30. The quantitative estimate of drug-likeness (QED) is 0.348. The summed E-state index contributed by atoms with van der Waals surface area (Å²) in [7, 11) is 0.